The summed E-state index contributed by atoms with van der Waals surface area (Å²) in [5.41, 5.74) is 0. The van der Waals surface area contributed by atoms with Crippen LogP contribution in [0.5, 0.6) is 0 Å². The monoisotopic (exact) mass is 153 g/mol. The van der Waals surface area contributed by atoms with Crippen molar-refractivity contribution in [3.8, 4) is 6.26 Å². The first kappa shape index (κ1) is 8.36. The van der Waals surface area contributed by atoms with E-state index in [4.69, 9.17) is 5.26 Å². The normalized spacial score (nSPS) is 10.3. The Morgan fingerprint density at radius 3 is 2.00 bits per heavy atom. The first-order valence-corrected chi connectivity index (χ1v) is 3.09. The Balaban J connectivity index is 3.98. The lowest BCUT2D eigenvalue weighted by Crippen LogP contribution is -2.05. The molecule has 52 valence electrons. The van der Waals surface area contributed by atoms with Gasteiger partial charge in [0.15, 0.2) is 0 Å². The van der Waals surface area contributed by atoms with Gasteiger partial charge >= 0.3 is 7.82 Å². The van der Waals surface area contributed by atoms with Gasteiger partial charge in [0.1, 0.15) is 0 Å². The van der Waals surface area contributed by atoms with Gasteiger partial charge in [0.25, 0.3) is 6.26 Å². The lowest BCUT2D eigenvalue weighted by atomic mass is 11.6. The van der Waals surface area contributed by atoms with Gasteiger partial charge in [-0.2, -0.15) is 9.25 Å². The van der Waals surface area contributed by atoms with E-state index in [1.807, 2.05) is 0 Å². The Morgan fingerprint density at radius 2 is 1.89 bits per heavy atom. The predicted octanol–water partition coefficient (Wildman–Crippen LogP) is -0.627. The fourth-order valence-corrected chi connectivity index (χ4v) is 0.354. The van der Waals surface area contributed by atoms with Gasteiger partial charge in [-0.1, -0.05) is 0 Å². The SMILES string of the molecule is N#COP(=O)(ON)ON. The molecule has 0 bridgehead atoms. The molecule has 0 heterocycles. The third-order valence-electron chi connectivity index (χ3n) is 0.411. The van der Waals surface area contributed by atoms with Crippen molar-refractivity contribution in [1.82, 2.24) is 0 Å². The second-order valence-corrected chi connectivity index (χ2v) is 2.34. The van der Waals surface area contributed by atoms with E-state index in [0.29, 0.717) is 0 Å². The lowest BCUT2D eigenvalue weighted by Gasteiger charge is -2.04. The zero-order chi connectivity index (χ0) is 7.33. The van der Waals surface area contributed by atoms with Crippen molar-refractivity contribution in [2.75, 3.05) is 0 Å². The quantitative estimate of drug-likeness (QED) is 0.314. The van der Waals surface area contributed by atoms with Crippen LogP contribution in [0.25, 0.3) is 0 Å². The highest BCUT2D eigenvalue weighted by Crippen LogP contribution is 2.44. The number of nitrogens with two attached hydrogens (primary N) is 2. The summed E-state index contributed by atoms with van der Waals surface area (Å²) in [6.45, 7) is 0. The summed E-state index contributed by atoms with van der Waals surface area (Å²) in [6, 6.07) is 0. The molecule has 0 saturated heterocycles. The summed E-state index contributed by atoms with van der Waals surface area (Å²) >= 11 is 0. The Kier molecular flexibility index (Phi) is 3.16. The summed E-state index contributed by atoms with van der Waals surface area (Å²) in [4.78, 5) is 0. The smallest absolute Gasteiger partial charge is 0.326 e. The average Bonchev–Trinajstić information content (AvgIpc) is 1.89. The topological polar surface area (TPSA) is 121 Å². The van der Waals surface area contributed by atoms with Crippen LogP contribution in [0.2, 0.25) is 0 Å². The molecule has 0 aliphatic carbocycles. The first-order chi connectivity index (χ1) is 4.18. The molecule has 0 amide bonds. The molecule has 0 spiro atoms. The summed E-state index contributed by atoms with van der Waals surface area (Å²) in [5, 5.41) is 7.75. The number of hydrogen-bond donors (Lipinski definition) is 2. The molecule has 0 aromatic rings. The molecule has 0 saturated carbocycles. The minimum atomic E-state index is -3.99. The summed E-state index contributed by atoms with van der Waals surface area (Å²) in [5.74, 6) is 8.72. The van der Waals surface area contributed by atoms with Gasteiger partial charge in [0.05, 0.1) is 0 Å². The molecule has 0 aromatic heterocycles. The molecule has 7 nitrogen and oxygen atoms in total. The molecule has 0 fully saturated rings. The van der Waals surface area contributed by atoms with Crippen molar-refractivity contribution < 1.29 is 18.3 Å². The van der Waals surface area contributed by atoms with Crippen LogP contribution >= 0.6 is 7.82 Å². The largest absolute Gasteiger partial charge is 0.573 e. The minimum Gasteiger partial charge on any atom is -0.326 e. The highest BCUT2D eigenvalue weighted by molar-refractivity contribution is 7.48. The standard InChI is InChI=1S/CH4N3O4P/c2-1-6-9(5,7-3)8-4/h3-4H2. The molecule has 0 unspecified atom stereocenters. The Hall–Kier alpha value is -0.640. The molecule has 8 heteroatoms. The fraction of sp³-hybridized carbons (Fsp3) is 0. The van der Waals surface area contributed by atoms with Crippen molar-refractivity contribution in [3.63, 3.8) is 0 Å². The molecule has 0 aliphatic heterocycles. The summed E-state index contributed by atoms with van der Waals surface area (Å²) in [7, 11) is -3.99. The second-order valence-electron chi connectivity index (χ2n) is 0.841. The maximum atomic E-state index is 10.4. The van der Waals surface area contributed by atoms with Gasteiger partial charge in [0, 0.05) is 0 Å². The predicted molar refractivity (Wildman–Crippen MR) is 24.8 cm³/mol. The molecule has 0 aromatic carbocycles. The van der Waals surface area contributed by atoms with Gasteiger partial charge in [-0.25, -0.2) is 16.4 Å². The number of nitriles is 1. The van der Waals surface area contributed by atoms with E-state index in [-0.39, 0.29) is 0 Å². The van der Waals surface area contributed by atoms with Crippen LogP contribution in [0.3, 0.4) is 0 Å². The molecular weight excluding hydrogens is 149 g/mol. The molecule has 0 radical (unpaired) electrons. The number of rotatable bonds is 3. The van der Waals surface area contributed by atoms with Crippen LogP contribution in [-0.4, -0.2) is 0 Å². The van der Waals surface area contributed by atoms with Crippen molar-refractivity contribution >= 4 is 7.82 Å². The molecule has 0 aliphatic rings. The maximum absolute atomic E-state index is 10.4. The van der Waals surface area contributed by atoms with E-state index < -0.39 is 7.82 Å². The highest BCUT2D eigenvalue weighted by Gasteiger charge is 2.26. The second kappa shape index (κ2) is 3.40. The van der Waals surface area contributed by atoms with E-state index in [1.165, 1.54) is 0 Å². The molecular formula is CH4N3O4P. The molecule has 0 rings (SSSR count). The van der Waals surface area contributed by atoms with Crippen molar-refractivity contribution in [3.05, 3.63) is 0 Å². The number of hydrogen-bond acceptors (Lipinski definition) is 7. The van der Waals surface area contributed by atoms with E-state index in [2.05, 4.69) is 25.6 Å². The van der Waals surface area contributed by atoms with Crippen molar-refractivity contribution in [2.45, 2.75) is 0 Å². The minimum absolute atomic E-state index is 1.04. The van der Waals surface area contributed by atoms with Crippen molar-refractivity contribution in [2.24, 2.45) is 11.8 Å². The van der Waals surface area contributed by atoms with Gasteiger partial charge < -0.3 is 4.52 Å². The summed E-state index contributed by atoms with van der Waals surface area (Å²) in [6.07, 6.45) is 1.04. The molecule has 9 heavy (non-hydrogen) atoms. The van der Waals surface area contributed by atoms with E-state index in [1.54, 1.807) is 0 Å². The lowest BCUT2D eigenvalue weighted by molar-refractivity contribution is 0.150. The Labute approximate surface area is 50.6 Å². The summed E-state index contributed by atoms with van der Waals surface area (Å²) < 4.78 is 21.3. The fourth-order valence-electron chi connectivity index (χ4n) is 0.118. The van der Waals surface area contributed by atoms with E-state index in [9.17, 15) is 4.57 Å². The van der Waals surface area contributed by atoms with Gasteiger partial charge in [-0.3, -0.25) is 0 Å². The third-order valence-corrected chi connectivity index (χ3v) is 1.23. The van der Waals surface area contributed by atoms with E-state index in [0.717, 1.165) is 6.26 Å². The molecule has 4 N–H and O–H groups in total. The van der Waals surface area contributed by atoms with E-state index >= 15 is 0 Å². The maximum Gasteiger partial charge on any atom is 0.573 e. The van der Waals surface area contributed by atoms with Crippen LogP contribution < -0.4 is 11.8 Å². The Bertz CT molecular complexity index is 154. The zero-order valence-electron chi connectivity index (χ0n) is 4.18. The van der Waals surface area contributed by atoms with Crippen LogP contribution in [0.15, 0.2) is 0 Å². The van der Waals surface area contributed by atoms with Crippen LogP contribution in [0, 0.1) is 11.5 Å². The Morgan fingerprint density at radius 1 is 1.44 bits per heavy atom. The van der Waals surface area contributed by atoms with Crippen molar-refractivity contribution in [1.29, 1.82) is 5.26 Å². The average molecular weight is 153 g/mol. The van der Waals surface area contributed by atoms with Crippen LogP contribution in [-0.2, 0) is 18.3 Å². The van der Waals surface area contributed by atoms with Gasteiger partial charge in [-0.05, 0) is 0 Å². The van der Waals surface area contributed by atoms with Gasteiger partial charge in [-0.15, -0.1) is 5.26 Å². The highest BCUT2D eigenvalue weighted by atomic mass is 31.2. The number of nitrogens with zero attached hydrogens (tertiary/aromatic N) is 1. The number of phosphoric acid groups is 1. The molecule has 0 atom stereocenters. The van der Waals surface area contributed by atoms with Gasteiger partial charge in [0.2, 0.25) is 0 Å². The zero-order valence-corrected chi connectivity index (χ0v) is 5.08. The van der Waals surface area contributed by atoms with Crippen LogP contribution in [0.1, 0.15) is 0 Å². The third kappa shape index (κ3) is 2.41. The first-order valence-electron chi connectivity index (χ1n) is 1.63. The van der Waals surface area contributed by atoms with Crippen LogP contribution in [0.4, 0.5) is 0 Å².